The van der Waals surface area contributed by atoms with Crippen LogP contribution in [0.1, 0.15) is 29.6 Å². The summed E-state index contributed by atoms with van der Waals surface area (Å²) in [6.45, 7) is 0. The number of esters is 1. The van der Waals surface area contributed by atoms with E-state index in [2.05, 4.69) is 12.2 Å². The van der Waals surface area contributed by atoms with Gasteiger partial charge in [-0.3, -0.25) is 0 Å². The topological polar surface area (TPSA) is 35.5 Å². The van der Waals surface area contributed by atoms with Crippen LogP contribution in [0.5, 0.6) is 5.75 Å². The fraction of sp³-hybridized carbons (Fsp3) is 0.357. The minimum absolute atomic E-state index is 0.0644. The molecule has 0 spiro atoms. The highest BCUT2D eigenvalue weighted by Crippen LogP contribution is 2.23. The zero-order chi connectivity index (χ0) is 12.1. The molecular weight excluding hydrogens is 216 g/mol. The summed E-state index contributed by atoms with van der Waals surface area (Å²) in [5.41, 5.74) is 0.481. The maximum absolute atomic E-state index is 11.6. The minimum Gasteiger partial charge on any atom is -0.485 e. The Hall–Kier alpha value is -1.77. The summed E-state index contributed by atoms with van der Waals surface area (Å²) in [6, 6.07) is 7.17. The third-order valence-corrected chi connectivity index (χ3v) is 2.78. The van der Waals surface area contributed by atoms with Gasteiger partial charge in [-0.15, -0.1) is 0 Å². The van der Waals surface area contributed by atoms with E-state index in [1.807, 2.05) is 6.07 Å². The summed E-state index contributed by atoms with van der Waals surface area (Å²) in [6.07, 6.45) is 7.47. The Kier molecular flexibility index (Phi) is 3.81. The molecule has 0 saturated carbocycles. The van der Waals surface area contributed by atoms with Gasteiger partial charge in [0.1, 0.15) is 17.4 Å². The van der Waals surface area contributed by atoms with Crippen LogP contribution in [-0.2, 0) is 4.74 Å². The van der Waals surface area contributed by atoms with Gasteiger partial charge in [-0.05, 0) is 37.5 Å². The third-order valence-electron chi connectivity index (χ3n) is 2.78. The summed E-state index contributed by atoms with van der Waals surface area (Å²) in [7, 11) is 1.37. The van der Waals surface area contributed by atoms with Crippen LogP contribution >= 0.6 is 0 Å². The molecule has 1 aromatic carbocycles. The predicted molar refractivity (Wildman–Crippen MR) is 65.2 cm³/mol. The summed E-state index contributed by atoms with van der Waals surface area (Å²) >= 11 is 0. The lowest BCUT2D eigenvalue weighted by Gasteiger charge is -2.19. The Morgan fingerprint density at radius 1 is 1.35 bits per heavy atom. The normalized spacial score (nSPS) is 18.8. The molecule has 1 aliphatic carbocycles. The van der Waals surface area contributed by atoms with Gasteiger partial charge in [-0.25, -0.2) is 4.79 Å². The lowest BCUT2D eigenvalue weighted by atomic mass is 10.1. The molecule has 90 valence electrons. The number of carbonyl (C=O) groups excluding carboxylic acids is 1. The summed E-state index contributed by atoms with van der Waals surface area (Å²) in [4.78, 5) is 11.6. The SMILES string of the molecule is COC(=O)c1ccccc1OC1C=CCCC1. The second-order valence-corrected chi connectivity index (χ2v) is 4.00. The second-order valence-electron chi connectivity index (χ2n) is 4.00. The molecule has 0 fully saturated rings. The van der Waals surface area contributed by atoms with E-state index in [9.17, 15) is 4.79 Å². The zero-order valence-electron chi connectivity index (χ0n) is 9.89. The Balaban J connectivity index is 2.17. The molecule has 0 saturated heterocycles. The van der Waals surface area contributed by atoms with Gasteiger partial charge in [-0.1, -0.05) is 18.2 Å². The van der Waals surface area contributed by atoms with Crippen LogP contribution in [0.25, 0.3) is 0 Å². The van der Waals surface area contributed by atoms with Crippen molar-refractivity contribution in [3.63, 3.8) is 0 Å². The molecule has 0 bridgehead atoms. The first-order chi connectivity index (χ1) is 8.31. The highest BCUT2D eigenvalue weighted by molar-refractivity contribution is 5.92. The van der Waals surface area contributed by atoms with E-state index >= 15 is 0 Å². The van der Waals surface area contributed by atoms with Gasteiger partial charge in [0.25, 0.3) is 0 Å². The Labute approximate surface area is 101 Å². The third kappa shape index (κ3) is 2.87. The summed E-state index contributed by atoms with van der Waals surface area (Å²) in [5, 5.41) is 0. The number of benzene rings is 1. The van der Waals surface area contributed by atoms with E-state index in [-0.39, 0.29) is 12.1 Å². The molecule has 3 heteroatoms. The molecule has 0 N–H and O–H groups in total. The van der Waals surface area contributed by atoms with Crippen LogP contribution < -0.4 is 4.74 Å². The van der Waals surface area contributed by atoms with E-state index in [0.717, 1.165) is 19.3 Å². The van der Waals surface area contributed by atoms with E-state index in [1.165, 1.54) is 7.11 Å². The van der Waals surface area contributed by atoms with Crippen molar-refractivity contribution in [3.8, 4) is 5.75 Å². The fourth-order valence-electron chi connectivity index (χ4n) is 1.89. The monoisotopic (exact) mass is 232 g/mol. The average molecular weight is 232 g/mol. The van der Waals surface area contributed by atoms with Gasteiger partial charge in [0.05, 0.1) is 7.11 Å². The number of methoxy groups -OCH3 is 1. The molecule has 1 aliphatic rings. The maximum Gasteiger partial charge on any atom is 0.341 e. The zero-order valence-corrected chi connectivity index (χ0v) is 9.89. The Morgan fingerprint density at radius 2 is 2.18 bits per heavy atom. The second kappa shape index (κ2) is 5.53. The van der Waals surface area contributed by atoms with Crippen LogP contribution in [0.3, 0.4) is 0 Å². The lowest BCUT2D eigenvalue weighted by Crippen LogP contribution is -2.17. The van der Waals surface area contributed by atoms with E-state index in [0.29, 0.717) is 11.3 Å². The van der Waals surface area contributed by atoms with Crippen molar-refractivity contribution < 1.29 is 14.3 Å². The van der Waals surface area contributed by atoms with Gasteiger partial charge < -0.3 is 9.47 Å². The number of carbonyl (C=O) groups is 1. The number of hydrogen-bond acceptors (Lipinski definition) is 3. The fourth-order valence-corrected chi connectivity index (χ4v) is 1.89. The van der Waals surface area contributed by atoms with Crippen LogP contribution in [-0.4, -0.2) is 19.2 Å². The van der Waals surface area contributed by atoms with Gasteiger partial charge in [-0.2, -0.15) is 0 Å². The number of ether oxygens (including phenoxy) is 2. The largest absolute Gasteiger partial charge is 0.485 e. The molecule has 3 nitrogen and oxygen atoms in total. The van der Waals surface area contributed by atoms with Crippen molar-refractivity contribution in [1.29, 1.82) is 0 Å². The van der Waals surface area contributed by atoms with Crippen LogP contribution in [0.2, 0.25) is 0 Å². The van der Waals surface area contributed by atoms with Crippen LogP contribution in [0.15, 0.2) is 36.4 Å². The molecular formula is C14H16O3. The predicted octanol–water partition coefficient (Wildman–Crippen LogP) is 2.96. The number of para-hydroxylation sites is 1. The van der Waals surface area contributed by atoms with Gasteiger partial charge in [0, 0.05) is 0 Å². The van der Waals surface area contributed by atoms with Crippen molar-refractivity contribution >= 4 is 5.97 Å². The molecule has 0 aliphatic heterocycles. The average Bonchev–Trinajstić information content (AvgIpc) is 2.40. The maximum atomic E-state index is 11.6. The lowest BCUT2D eigenvalue weighted by molar-refractivity contribution is 0.0594. The Morgan fingerprint density at radius 3 is 2.88 bits per heavy atom. The first-order valence-electron chi connectivity index (χ1n) is 5.82. The molecule has 0 aromatic heterocycles. The Bertz CT molecular complexity index is 423. The molecule has 2 rings (SSSR count). The molecule has 0 radical (unpaired) electrons. The molecule has 1 unspecified atom stereocenters. The first kappa shape index (κ1) is 11.7. The van der Waals surface area contributed by atoms with Crippen molar-refractivity contribution in [2.45, 2.75) is 25.4 Å². The van der Waals surface area contributed by atoms with Crippen molar-refractivity contribution in [2.75, 3.05) is 7.11 Å². The molecule has 0 heterocycles. The van der Waals surface area contributed by atoms with E-state index < -0.39 is 0 Å². The van der Waals surface area contributed by atoms with E-state index in [1.54, 1.807) is 18.2 Å². The molecule has 0 amide bonds. The van der Waals surface area contributed by atoms with Crippen molar-refractivity contribution in [1.82, 2.24) is 0 Å². The minimum atomic E-state index is -0.361. The van der Waals surface area contributed by atoms with Crippen molar-refractivity contribution in [3.05, 3.63) is 42.0 Å². The molecule has 1 aromatic rings. The standard InChI is InChI=1S/C14H16O3/c1-16-14(15)12-9-5-6-10-13(12)17-11-7-3-2-4-8-11/h3,5-7,9-11H,2,4,8H2,1H3. The highest BCUT2D eigenvalue weighted by Gasteiger charge is 2.16. The first-order valence-corrected chi connectivity index (χ1v) is 5.82. The van der Waals surface area contributed by atoms with E-state index in [4.69, 9.17) is 9.47 Å². The summed E-state index contributed by atoms with van der Waals surface area (Å²) in [5.74, 6) is 0.233. The number of rotatable bonds is 3. The van der Waals surface area contributed by atoms with Gasteiger partial charge >= 0.3 is 5.97 Å². The number of hydrogen-bond donors (Lipinski definition) is 0. The number of allylic oxidation sites excluding steroid dienone is 1. The highest BCUT2D eigenvalue weighted by atomic mass is 16.5. The van der Waals surface area contributed by atoms with Crippen LogP contribution in [0.4, 0.5) is 0 Å². The van der Waals surface area contributed by atoms with Gasteiger partial charge in [0.15, 0.2) is 0 Å². The summed E-state index contributed by atoms with van der Waals surface area (Å²) < 4.78 is 10.6. The van der Waals surface area contributed by atoms with Gasteiger partial charge in [0.2, 0.25) is 0 Å². The van der Waals surface area contributed by atoms with Crippen molar-refractivity contribution in [2.24, 2.45) is 0 Å². The smallest absolute Gasteiger partial charge is 0.341 e. The molecule has 17 heavy (non-hydrogen) atoms. The molecule has 1 atom stereocenters. The quantitative estimate of drug-likeness (QED) is 0.593. The van der Waals surface area contributed by atoms with Crippen LogP contribution in [0, 0.1) is 0 Å².